The van der Waals surface area contributed by atoms with Crippen LogP contribution in [0.15, 0.2) is 42.5 Å². The number of nitrogens with zero attached hydrogens (tertiary/aromatic N) is 1. The molecule has 0 amide bonds. The van der Waals surface area contributed by atoms with Crippen LogP contribution in [0.5, 0.6) is 5.75 Å². The summed E-state index contributed by atoms with van der Waals surface area (Å²) in [5, 5.41) is 0. The van der Waals surface area contributed by atoms with E-state index in [1.807, 2.05) is 38.1 Å². The summed E-state index contributed by atoms with van der Waals surface area (Å²) in [5.41, 5.74) is 1.83. The van der Waals surface area contributed by atoms with Crippen LogP contribution in [0.1, 0.15) is 28.7 Å². The van der Waals surface area contributed by atoms with Gasteiger partial charge in [-0.15, -0.1) is 0 Å². The van der Waals surface area contributed by atoms with E-state index in [2.05, 4.69) is 4.98 Å². The Morgan fingerprint density at radius 1 is 1.17 bits per heavy atom. The Hall–Kier alpha value is -2.16. The lowest BCUT2D eigenvalue weighted by Gasteiger charge is -2.08. The summed E-state index contributed by atoms with van der Waals surface area (Å²) in [6.07, 6.45) is 0. The fourth-order valence-electron chi connectivity index (χ4n) is 1.74. The van der Waals surface area contributed by atoms with Gasteiger partial charge in [-0.25, -0.2) is 4.98 Å². The molecule has 0 aliphatic carbocycles. The topological polar surface area (TPSA) is 39.2 Å². The molecule has 0 N–H and O–H groups in total. The van der Waals surface area contributed by atoms with E-state index in [1.165, 1.54) is 0 Å². The van der Waals surface area contributed by atoms with Gasteiger partial charge < -0.3 is 4.74 Å². The van der Waals surface area contributed by atoms with Crippen molar-refractivity contribution < 1.29 is 9.53 Å². The van der Waals surface area contributed by atoms with Crippen LogP contribution in [0.25, 0.3) is 0 Å². The molecule has 1 heterocycles. The van der Waals surface area contributed by atoms with E-state index in [0.29, 0.717) is 23.6 Å². The molecule has 0 radical (unpaired) electrons. The summed E-state index contributed by atoms with van der Waals surface area (Å²) in [6, 6.07) is 12.7. The van der Waals surface area contributed by atoms with E-state index >= 15 is 0 Å². The third kappa shape index (κ3) is 2.56. The maximum atomic E-state index is 12.4. The maximum absolute atomic E-state index is 12.4. The number of ether oxygens (including phenoxy) is 1. The molecule has 2 aromatic rings. The lowest BCUT2D eigenvalue weighted by atomic mass is 10.1. The first-order valence-electron chi connectivity index (χ1n) is 5.92. The zero-order chi connectivity index (χ0) is 13.0. The van der Waals surface area contributed by atoms with E-state index in [1.54, 1.807) is 18.2 Å². The molecule has 92 valence electrons. The van der Waals surface area contributed by atoms with E-state index in [4.69, 9.17) is 4.74 Å². The smallest absolute Gasteiger partial charge is 0.215 e. The van der Waals surface area contributed by atoms with Gasteiger partial charge in [-0.1, -0.05) is 18.2 Å². The fraction of sp³-hybridized carbons (Fsp3) is 0.200. The Morgan fingerprint density at radius 3 is 2.67 bits per heavy atom. The number of ketones is 1. The summed E-state index contributed by atoms with van der Waals surface area (Å²) in [5.74, 6) is 0.496. The van der Waals surface area contributed by atoms with Gasteiger partial charge in [-0.05, 0) is 38.1 Å². The second-order valence-electron chi connectivity index (χ2n) is 3.92. The molecule has 3 heteroatoms. The minimum absolute atomic E-state index is 0.109. The Morgan fingerprint density at radius 2 is 1.94 bits per heavy atom. The SMILES string of the molecule is CCOc1ccccc1C(=O)c1cccc(C)n1. The highest BCUT2D eigenvalue weighted by Crippen LogP contribution is 2.20. The van der Waals surface area contributed by atoms with Crippen molar-refractivity contribution in [1.82, 2.24) is 4.98 Å². The first-order valence-corrected chi connectivity index (χ1v) is 5.92. The van der Waals surface area contributed by atoms with Gasteiger partial charge in [0.15, 0.2) is 0 Å². The maximum Gasteiger partial charge on any atom is 0.215 e. The second kappa shape index (κ2) is 5.45. The van der Waals surface area contributed by atoms with Gasteiger partial charge in [0, 0.05) is 5.69 Å². The van der Waals surface area contributed by atoms with Crippen LogP contribution < -0.4 is 4.74 Å². The summed E-state index contributed by atoms with van der Waals surface area (Å²) in [7, 11) is 0. The van der Waals surface area contributed by atoms with Crippen LogP contribution in [0.3, 0.4) is 0 Å². The molecule has 0 aliphatic heterocycles. The number of rotatable bonds is 4. The van der Waals surface area contributed by atoms with Gasteiger partial charge in [-0.2, -0.15) is 0 Å². The largest absolute Gasteiger partial charge is 0.493 e. The standard InChI is InChI=1S/C15H15NO2/c1-3-18-14-10-5-4-8-12(14)15(17)13-9-6-7-11(2)16-13/h4-10H,3H2,1-2H3. The van der Waals surface area contributed by atoms with Gasteiger partial charge in [0.2, 0.25) is 5.78 Å². The lowest BCUT2D eigenvalue weighted by molar-refractivity contribution is 0.103. The Balaban J connectivity index is 2.40. The average Bonchev–Trinajstić information content (AvgIpc) is 2.39. The minimum atomic E-state index is -0.109. The summed E-state index contributed by atoms with van der Waals surface area (Å²) >= 11 is 0. The first kappa shape index (κ1) is 12.3. The van der Waals surface area contributed by atoms with Gasteiger partial charge in [-0.3, -0.25) is 4.79 Å². The van der Waals surface area contributed by atoms with Crippen molar-refractivity contribution in [2.75, 3.05) is 6.61 Å². The number of hydrogen-bond acceptors (Lipinski definition) is 3. The predicted molar refractivity (Wildman–Crippen MR) is 70.0 cm³/mol. The first-order chi connectivity index (χ1) is 8.72. The number of carbonyl (C=O) groups excluding carboxylic acids is 1. The number of hydrogen-bond donors (Lipinski definition) is 0. The number of aromatic nitrogens is 1. The third-order valence-electron chi connectivity index (χ3n) is 2.55. The molecule has 0 fully saturated rings. The highest BCUT2D eigenvalue weighted by Gasteiger charge is 2.15. The van der Waals surface area contributed by atoms with Crippen LogP contribution in [-0.4, -0.2) is 17.4 Å². The number of para-hydroxylation sites is 1. The lowest BCUT2D eigenvalue weighted by Crippen LogP contribution is -2.07. The summed E-state index contributed by atoms with van der Waals surface area (Å²) < 4.78 is 5.46. The Labute approximate surface area is 106 Å². The molecule has 0 spiro atoms. The van der Waals surface area contributed by atoms with Crippen LogP contribution in [0.4, 0.5) is 0 Å². The van der Waals surface area contributed by atoms with Crippen molar-refractivity contribution in [3.05, 3.63) is 59.4 Å². The monoisotopic (exact) mass is 241 g/mol. The molecular formula is C15H15NO2. The highest BCUT2D eigenvalue weighted by atomic mass is 16.5. The van der Waals surface area contributed by atoms with Crippen molar-refractivity contribution >= 4 is 5.78 Å². The number of benzene rings is 1. The molecule has 0 unspecified atom stereocenters. The van der Waals surface area contributed by atoms with Crippen molar-refractivity contribution in [2.45, 2.75) is 13.8 Å². The van der Waals surface area contributed by atoms with E-state index in [-0.39, 0.29) is 5.78 Å². The van der Waals surface area contributed by atoms with Gasteiger partial charge >= 0.3 is 0 Å². The molecule has 1 aromatic carbocycles. The highest BCUT2D eigenvalue weighted by molar-refractivity contribution is 6.09. The molecule has 0 bridgehead atoms. The van der Waals surface area contributed by atoms with Crippen molar-refractivity contribution in [2.24, 2.45) is 0 Å². The summed E-state index contributed by atoms with van der Waals surface area (Å²) in [6.45, 7) is 4.29. The van der Waals surface area contributed by atoms with E-state index < -0.39 is 0 Å². The van der Waals surface area contributed by atoms with E-state index in [9.17, 15) is 4.79 Å². The second-order valence-corrected chi connectivity index (χ2v) is 3.92. The minimum Gasteiger partial charge on any atom is -0.493 e. The van der Waals surface area contributed by atoms with Gasteiger partial charge in [0.05, 0.1) is 12.2 Å². The van der Waals surface area contributed by atoms with Gasteiger partial charge in [0.25, 0.3) is 0 Å². The third-order valence-corrected chi connectivity index (χ3v) is 2.55. The van der Waals surface area contributed by atoms with Crippen LogP contribution in [0, 0.1) is 6.92 Å². The molecule has 0 saturated carbocycles. The van der Waals surface area contributed by atoms with Crippen LogP contribution in [0.2, 0.25) is 0 Å². The zero-order valence-corrected chi connectivity index (χ0v) is 10.5. The molecule has 3 nitrogen and oxygen atoms in total. The van der Waals surface area contributed by atoms with Crippen LogP contribution in [-0.2, 0) is 0 Å². The summed E-state index contributed by atoms with van der Waals surface area (Å²) in [4.78, 5) is 16.6. The normalized spacial score (nSPS) is 10.1. The molecular weight excluding hydrogens is 226 g/mol. The fourth-order valence-corrected chi connectivity index (χ4v) is 1.74. The van der Waals surface area contributed by atoms with Crippen molar-refractivity contribution in [1.29, 1.82) is 0 Å². The van der Waals surface area contributed by atoms with Crippen molar-refractivity contribution in [3.63, 3.8) is 0 Å². The van der Waals surface area contributed by atoms with Gasteiger partial charge in [0.1, 0.15) is 11.4 Å². The Kier molecular flexibility index (Phi) is 3.72. The molecule has 0 aliphatic rings. The van der Waals surface area contributed by atoms with E-state index in [0.717, 1.165) is 5.69 Å². The number of pyridine rings is 1. The quantitative estimate of drug-likeness (QED) is 0.772. The average molecular weight is 241 g/mol. The Bertz CT molecular complexity index is 564. The zero-order valence-electron chi connectivity index (χ0n) is 10.5. The molecule has 0 saturated heterocycles. The number of aryl methyl sites for hydroxylation is 1. The van der Waals surface area contributed by atoms with Crippen molar-refractivity contribution in [3.8, 4) is 5.75 Å². The molecule has 18 heavy (non-hydrogen) atoms. The molecule has 1 aromatic heterocycles. The molecule has 2 rings (SSSR count). The molecule has 0 atom stereocenters. The van der Waals surface area contributed by atoms with Crippen LogP contribution >= 0.6 is 0 Å². The predicted octanol–water partition coefficient (Wildman–Crippen LogP) is 3.02. The number of carbonyl (C=O) groups is 1.